The number of alkyl halides is 2. The lowest BCUT2D eigenvalue weighted by atomic mass is 10.2. The van der Waals surface area contributed by atoms with Crippen molar-refractivity contribution in [2.45, 2.75) is 12.7 Å². The molecule has 3 rings (SSSR count). The van der Waals surface area contributed by atoms with Crippen molar-refractivity contribution in [1.29, 1.82) is 0 Å². The van der Waals surface area contributed by atoms with Crippen molar-refractivity contribution in [3.63, 3.8) is 0 Å². The predicted molar refractivity (Wildman–Crippen MR) is 81.8 cm³/mol. The fraction of sp³-hybridized carbons (Fsp3) is 0.235. The Morgan fingerprint density at radius 2 is 1.88 bits per heavy atom. The summed E-state index contributed by atoms with van der Waals surface area (Å²) in [6.45, 7) is -2.29. The molecule has 5 nitrogen and oxygen atoms in total. The second-order valence-electron chi connectivity index (χ2n) is 5.11. The molecular weight excluding hydrogens is 320 g/mol. The van der Waals surface area contributed by atoms with Crippen molar-refractivity contribution in [2.24, 2.45) is 0 Å². The van der Waals surface area contributed by atoms with E-state index >= 15 is 0 Å². The molecule has 0 aliphatic carbocycles. The third-order valence-electron chi connectivity index (χ3n) is 3.40. The molecule has 0 saturated heterocycles. The van der Waals surface area contributed by atoms with Gasteiger partial charge in [-0.25, -0.2) is 0 Å². The molecule has 1 amide bonds. The summed E-state index contributed by atoms with van der Waals surface area (Å²) in [4.78, 5) is 12.1. The number of hydrogen-bond acceptors (Lipinski definition) is 4. The van der Waals surface area contributed by atoms with Gasteiger partial charge in [0.15, 0.2) is 11.5 Å². The number of nitrogens with one attached hydrogen (secondary N) is 1. The molecule has 0 fully saturated rings. The molecule has 0 radical (unpaired) electrons. The molecule has 0 spiro atoms. The van der Waals surface area contributed by atoms with E-state index in [9.17, 15) is 13.6 Å². The molecule has 1 heterocycles. The molecule has 2 aromatic rings. The largest absolute Gasteiger partial charge is 0.486 e. The first-order chi connectivity index (χ1) is 11.6. The number of rotatable bonds is 5. The van der Waals surface area contributed by atoms with Gasteiger partial charge in [-0.1, -0.05) is 12.1 Å². The normalized spacial score (nSPS) is 15.9. The van der Waals surface area contributed by atoms with Crippen LogP contribution in [-0.4, -0.2) is 31.8 Å². The van der Waals surface area contributed by atoms with Gasteiger partial charge in [-0.3, -0.25) is 4.79 Å². The first kappa shape index (κ1) is 16.0. The minimum atomic E-state index is -2.89. The lowest BCUT2D eigenvalue weighted by Crippen LogP contribution is -2.40. The Balaban J connectivity index is 1.52. The zero-order valence-electron chi connectivity index (χ0n) is 12.6. The van der Waals surface area contributed by atoms with Gasteiger partial charge in [-0.15, -0.1) is 0 Å². The van der Waals surface area contributed by atoms with Gasteiger partial charge in [0.2, 0.25) is 0 Å². The van der Waals surface area contributed by atoms with Gasteiger partial charge in [0.25, 0.3) is 5.91 Å². The van der Waals surface area contributed by atoms with Crippen molar-refractivity contribution >= 4 is 5.91 Å². The lowest BCUT2D eigenvalue weighted by Gasteiger charge is -2.26. The van der Waals surface area contributed by atoms with E-state index in [0.29, 0.717) is 23.7 Å². The van der Waals surface area contributed by atoms with Gasteiger partial charge in [0.05, 0.1) is 6.54 Å². The summed E-state index contributed by atoms with van der Waals surface area (Å²) in [7, 11) is 0. The summed E-state index contributed by atoms with van der Waals surface area (Å²) in [5.41, 5.74) is 0.341. The summed E-state index contributed by atoms with van der Waals surface area (Å²) in [5, 5.41) is 2.73. The van der Waals surface area contributed by atoms with Crippen LogP contribution in [0.15, 0.2) is 48.5 Å². The molecule has 1 aliphatic rings. The predicted octanol–water partition coefficient (Wildman–Crippen LogP) is 2.86. The van der Waals surface area contributed by atoms with Crippen LogP contribution >= 0.6 is 0 Å². The third-order valence-corrected chi connectivity index (χ3v) is 3.40. The van der Waals surface area contributed by atoms with E-state index in [1.165, 1.54) is 24.3 Å². The van der Waals surface area contributed by atoms with E-state index in [1.54, 1.807) is 6.07 Å². The molecule has 1 atom stereocenters. The van der Waals surface area contributed by atoms with E-state index < -0.39 is 6.61 Å². The molecular formula is C17H15F2NO4. The maximum atomic E-state index is 12.1. The van der Waals surface area contributed by atoms with Crippen molar-refractivity contribution in [3.8, 4) is 17.2 Å². The van der Waals surface area contributed by atoms with Crippen LogP contribution in [0.2, 0.25) is 0 Å². The number of benzene rings is 2. The Bertz CT molecular complexity index is 706. The van der Waals surface area contributed by atoms with Crippen LogP contribution in [0.3, 0.4) is 0 Å². The Kier molecular flexibility index (Phi) is 4.79. The monoisotopic (exact) mass is 335 g/mol. The van der Waals surface area contributed by atoms with Crippen LogP contribution in [0.1, 0.15) is 10.4 Å². The molecule has 0 saturated carbocycles. The fourth-order valence-corrected chi connectivity index (χ4v) is 2.26. The summed E-state index contributed by atoms with van der Waals surface area (Å²) >= 11 is 0. The standard InChI is InChI=1S/C17H15F2NO4/c18-17(19)24-12-7-5-11(6-8-12)16(21)20-9-13-10-22-14-3-1-2-4-15(14)23-13/h1-8,13,17H,9-10H2,(H,20,21). The van der Waals surface area contributed by atoms with E-state index in [2.05, 4.69) is 10.1 Å². The van der Waals surface area contributed by atoms with Gasteiger partial charge in [0.1, 0.15) is 18.5 Å². The first-order valence-electron chi connectivity index (χ1n) is 7.33. The average Bonchev–Trinajstić information content (AvgIpc) is 2.59. The van der Waals surface area contributed by atoms with Crippen LogP contribution in [-0.2, 0) is 0 Å². The fourth-order valence-electron chi connectivity index (χ4n) is 2.26. The highest BCUT2D eigenvalue weighted by Gasteiger charge is 2.21. The molecule has 2 aromatic carbocycles. The molecule has 1 unspecified atom stereocenters. The summed E-state index contributed by atoms with van der Waals surface area (Å²) in [6, 6.07) is 12.8. The van der Waals surface area contributed by atoms with Crippen LogP contribution in [0.25, 0.3) is 0 Å². The van der Waals surface area contributed by atoms with Crippen LogP contribution in [0.4, 0.5) is 8.78 Å². The van der Waals surface area contributed by atoms with E-state index in [0.717, 1.165) is 0 Å². The second-order valence-corrected chi connectivity index (χ2v) is 5.11. The van der Waals surface area contributed by atoms with E-state index in [1.807, 2.05) is 18.2 Å². The van der Waals surface area contributed by atoms with Gasteiger partial charge in [-0.2, -0.15) is 8.78 Å². The Morgan fingerprint density at radius 3 is 2.58 bits per heavy atom. The first-order valence-corrected chi connectivity index (χ1v) is 7.33. The van der Waals surface area contributed by atoms with E-state index in [-0.39, 0.29) is 24.3 Å². The maximum Gasteiger partial charge on any atom is 0.387 e. The van der Waals surface area contributed by atoms with Gasteiger partial charge >= 0.3 is 6.61 Å². The minimum Gasteiger partial charge on any atom is -0.486 e. The number of carbonyl (C=O) groups is 1. The number of carbonyl (C=O) groups excluding carboxylic acids is 1. The summed E-state index contributed by atoms with van der Waals surface area (Å²) in [5.74, 6) is 0.981. The number of ether oxygens (including phenoxy) is 3. The number of amides is 1. The number of para-hydroxylation sites is 2. The van der Waals surface area contributed by atoms with Gasteiger partial charge < -0.3 is 19.5 Å². The highest BCUT2D eigenvalue weighted by Crippen LogP contribution is 2.30. The zero-order chi connectivity index (χ0) is 16.9. The van der Waals surface area contributed by atoms with Crippen LogP contribution < -0.4 is 19.5 Å². The van der Waals surface area contributed by atoms with Crippen LogP contribution in [0.5, 0.6) is 17.2 Å². The minimum absolute atomic E-state index is 0.00201. The SMILES string of the molecule is O=C(NCC1COc2ccccc2O1)c1ccc(OC(F)F)cc1. The van der Waals surface area contributed by atoms with Crippen molar-refractivity contribution in [3.05, 3.63) is 54.1 Å². The van der Waals surface area contributed by atoms with Gasteiger partial charge in [-0.05, 0) is 36.4 Å². The Labute approximate surface area is 137 Å². The Morgan fingerprint density at radius 1 is 1.17 bits per heavy atom. The second kappa shape index (κ2) is 7.16. The third kappa shape index (κ3) is 3.92. The maximum absolute atomic E-state index is 12.1. The van der Waals surface area contributed by atoms with Crippen molar-refractivity contribution in [1.82, 2.24) is 5.32 Å². The van der Waals surface area contributed by atoms with Crippen molar-refractivity contribution < 1.29 is 27.8 Å². The topological polar surface area (TPSA) is 56.8 Å². The molecule has 24 heavy (non-hydrogen) atoms. The molecule has 0 aromatic heterocycles. The highest BCUT2D eigenvalue weighted by atomic mass is 19.3. The number of fused-ring (bicyclic) bond motifs is 1. The molecule has 1 N–H and O–H groups in total. The lowest BCUT2D eigenvalue weighted by molar-refractivity contribution is -0.0498. The van der Waals surface area contributed by atoms with Crippen LogP contribution in [0, 0.1) is 0 Å². The molecule has 7 heteroatoms. The summed E-state index contributed by atoms with van der Waals surface area (Å²) in [6.07, 6.45) is -0.301. The summed E-state index contributed by atoms with van der Waals surface area (Å²) < 4.78 is 39.7. The molecule has 0 bridgehead atoms. The van der Waals surface area contributed by atoms with Gasteiger partial charge in [0, 0.05) is 5.56 Å². The molecule has 1 aliphatic heterocycles. The number of halogens is 2. The smallest absolute Gasteiger partial charge is 0.387 e. The highest BCUT2D eigenvalue weighted by molar-refractivity contribution is 5.94. The average molecular weight is 335 g/mol. The molecule has 126 valence electrons. The zero-order valence-corrected chi connectivity index (χ0v) is 12.6. The van der Waals surface area contributed by atoms with Crippen molar-refractivity contribution in [2.75, 3.05) is 13.2 Å². The quantitative estimate of drug-likeness (QED) is 0.913. The Hall–Kier alpha value is -2.83. The number of hydrogen-bond donors (Lipinski definition) is 1. The van der Waals surface area contributed by atoms with E-state index in [4.69, 9.17) is 9.47 Å².